The normalized spacial score (nSPS) is 18.0. The Morgan fingerprint density at radius 2 is 2.11 bits per heavy atom. The van der Waals surface area contributed by atoms with Crippen molar-refractivity contribution >= 4 is 11.6 Å². The highest BCUT2D eigenvalue weighted by Crippen LogP contribution is 2.18. The molecule has 0 saturated carbocycles. The number of fused-ring (bicyclic) bond motifs is 1. The summed E-state index contributed by atoms with van der Waals surface area (Å²) in [5.41, 5.74) is 3.95. The molecule has 0 radical (unpaired) electrons. The average Bonchev–Trinajstić information content (AvgIpc) is 2.69. The van der Waals surface area contributed by atoms with E-state index < -0.39 is 6.10 Å². The lowest BCUT2D eigenvalue weighted by Crippen LogP contribution is -2.51. The van der Waals surface area contributed by atoms with Crippen LogP contribution < -0.4 is 16.0 Å². The summed E-state index contributed by atoms with van der Waals surface area (Å²) >= 11 is 0. The van der Waals surface area contributed by atoms with Crippen LogP contribution in [0.5, 0.6) is 0 Å². The smallest absolute Gasteiger partial charge is 0.270 e. The zero-order valence-electron chi connectivity index (χ0n) is 15.9. The van der Waals surface area contributed by atoms with Crippen LogP contribution in [-0.2, 0) is 13.0 Å². The third-order valence-corrected chi connectivity index (χ3v) is 5.32. The summed E-state index contributed by atoms with van der Waals surface area (Å²) in [6.45, 7) is 4.37. The summed E-state index contributed by atoms with van der Waals surface area (Å²) in [6, 6.07) is 12.4. The van der Waals surface area contributed by atoms with Crippen LogP contribution in [0, 0.1) is 0 Å². The second-order valence-electron chi connectivity index (χ2n) is 7.55. The van der Waals surface area contributed by atoms with E-state index in [9.17, 15) is 9.90 Å². The first-order valence-corrected chi connectivity index (χ1v) is 9.86. The molecule has 0 aliphatic carbocycles. The predicted molar refractivity (Wildman–Crippen MR) is 108 cm³/mol. The lowest BCUT2D eigenvalue weighted by molar-refractivity contribution is 0.0838. The predicted octanol–water partition coefficient (Wildman–Crippen LogP) is 0.614. The molecule has 1 saturated heterocycles. The van der Waals surface area contributed by atoms with E-state index >= 15 is 0 Å². The number of aromatic nitrogens is 1. The minimum Gasteiger partial charge on any atom is -0.390 e. The number of rotatable bonds is 7. The van der Waals surface area contributed by atoms with E-state index in [4.69, 9.17) is 0 Å². The Hall–Kier alpha value is -2.48. The average molecular weight is 381 g/mol. The van der Waals surface area contributed by atoms with Gasteiger partial charge in [-0.2, -0.15) is 0 Å². The Labute approximate surface area is 165 Å². The van der Waals surface area contributed by atoms with E-state index in [1.54, 1.807) is 12.3 Å². The third kappa shape index (κ3) is 4.67. The van der Waals surface area contributed by atoms with Gasteiger partial charge < -0.3 is 21.1 Å². The van der Waals surface area contributed by atoms with Crippen molar-refractivity contribution in [1.29, 1.82) is 0 Å². The van der Waals surface area contributed by atoms with Crippen molar-refractivity contribution in [3.63, 3.8) is 0 Å². The number of aliphatic hydroxyl groups is 1. The van der Waals surface area contributed by atoms with Gasteiger partial charge >= 0.3 is 0 Å². The molecule has 2 aliphatic heterocycles. The summed E-state index contributed by atoms with van der Waals surface area (Å²) in [6.07, 6.45) is 2.01. The number of nitrogens with zero attached hydrogens (tertiary/aromatic N) is 2. The molecule has 2 aromatic rings. The van der Waals surface area contributed by atoms with E-state index in [2.05, 4.69) is 50.1 Å². The highest BCUT2D eigenvalue weighted by molar-refractivity contribution is 5.93. The fraction of sp³-hybridized carbons (Fsp3) is 0.429. The highest BCUT2D eigenvalue weighted by atomic mass is 16.3. The first kappa shape index (κ1) is 18.9. The van der Waals surface area contributed by atoms with Gasteiger partial charge in [-0.15, -0.1) is 0 Å². The van der Waals surface area contributed by atoms with E-state index in [-0.39, 0.29) is 12.5 Å². The summed E-state index contributed by atoms with van der Waals surface area (Å²) in [4.78, 5) is 18.8. The highest BCUT2D eigenvalue weighted by Gasteiger charge is 2.20. The van der Waals surface area contributed by atoms with Crippen molar-refractivity contribution in [3.05, 3.63) is 59.4 Å². The lowest BCUT2D eigenvalue weighted by atomic mass is 10.00. The maximum atomic E-state index is 12.4. The molecule has 4 rings (SSSR count). The molecular weight excluding hydrogens is 354 g/mol. The number of carbonyl (C=O) groups excluding carboxylic acids is 1. The molecule has 0 unspecified atom stereocenters. The van der Waals surface area contributed by atoms with E-state index in [0.717, 1.165) is 38.3 Å². The fourth-order valence-electron chi connectivity index (χ4n) is 3.64. The molecule has 2 aliphatic rings. The van der Waals surface area contributed by atoms with Gasteiger partial charge in [-0.1, -0.05) is 24.3 Å². The Kier molecular flexibility index (Phi) is 5.85. The van der Waals surface area contributed by atoms with Gasteiger partial charge in [0.05, 0.1) is 12.1 Å². The number of pyridine rings is 1. The SMILES string of the molecule is O=C(NC[C@H](O)CN1CCc2ccccc2C1)c1cc(NC2CNC2)ccn1. The molecule has 1 fully saturated rings. The minimum absolute atomic E-state index is 0.211. The topological polar surface area (TPSA) is 89.5 Å². The minimum atomic E-state index is -0.614. The van der Waals surface area contributed by atoms with Crippen molar-refractivity contribution in [1.82, 2.24) is 20.5 Å². The van der Waals surface area contributed by atoms with Crippen LogP contribution in [0.15, 0.2) is 42.6 Å². The van der Waals surface area contributed by atoms with Gasteiger partial charge in [0.2, 0.25) is 0 Å². The molecule has 148 valence electrons. The summed E-state index contributed by atoms with van der Waals surface area (Å²) in [5, 5.41) is 19.7. The molecule has 1 aromatic carbocycles. The molecule has 28 heavy (non-hydrogen) atoms. The van der Waals surface area contributed by atoms with Crippen molar-refractivity contribution in [3.8, 4) is 0 Å². The molecule has 0 spiro atoms. The first-order valence-electron chi connectivity index (χ1n) is 9.86. The van der Waals surface area contributed by atoms with Gasteiger partial charge in [0.25, 0.3) is 5.91 Å². The molecule has 1 atom stereocenters. The van der Waals surface area contributed by atoms with E-state index in [0.29, 0.717) is 18.3 Å². The summed E-state index contributed by atoms with van der Waals surface area (Å²) in [7, 11) is 0. The lowest BCUT2D eigenvalue weighted by Gasteiger charge is -2.30. The van der Waals surface area contributed by atoms with Crippen molar-refractivity contribution in [2.24, 2.45) is 0 Å². The standard InChI is InChI=1S/C21H27N5O2/c27-19(14-26-8-6-15-3-1-2-4-16(15)13-26)12-24-21(28)20-9-17(5-7-23-20)25-18-10-22-11-18/h1-5,7,9,18-19,22,27H,6,8,10-14H2,(H,23,25)(H,24,28)/t19-/m0/s1. The number of benzene rings is 1. The first-order chi connectivity index (χ1) is 13.7. The second-order valence-corrected chi connectivity index (χ2v) is 7.55. The molecular formula is C21H27N5O2. The van der Waals surface area contributed by atoms with Crippen LogP contribution in [0.1, 0.15) is 21.6 Å². The Balaban J connectivity index is 1.25. The zero-order chi connectivity index (χ0) is 19.3. The van der Waals surface area contributed by atoms with Crippen molar-refractivity contribution in [2.45, 2.75) is 25.1 Å². The Morgan fingerprint density at radius 3 is 2.89 bits per heavy atom. The second kappa shape index (κ2) is 8.68. The number of hydrogen-bond acceptors (Lipinski definition) is 6. The molecule has 1 aromatic heterocycles. The number of anilines is 1. The van der Waals surface area contributed by atoms with Gasteiger partial charge in [0, 0.05) is 51.2 Å². The Bertz CT molecular complexity index is 824. The Morgan fingerprint density at radius 1 is 1.29 bits per heavy atom. The summed E-state index contributed by atoms with van der Waals surface area (Å²) in [5.74, 6) is -0.265. The number of nitrogens with one attached hydrogen (secondary N) is 3. The number of amides is 1. The molecule has 3 heterocycles. The van der Waals surface area contributed by atoms with Gasteiger partial charge in [-0.25, -0.2) is 0 Å². The number of aliphatic hydroxyl groups excluding tert-OH is 1. The van der Waals surface area contributed by atoms with E-state index in [1.807, 2.05) is 6.07 Å². The molecule has 7 heteroatoms. The van der Waals surface area contributed by atoms with Crippen LogP contribution in [0.4, 0.5) is 5.69 Å². The quantitative estimate of drug-likeness (QED) is 0.562. The van der Waals surface area contributed by atoms with E-state index in [1.165, 1.54) is 11.1 Å². The third-order valence-electron chi connectivity index (χ3n) is 5.32. The molecule has 4 N–H and O–H groups in total. The number of β-amino-alcohol motifs (C(OH)–C–C–N with tert-alkyl or cyclic N) is 1. The largest absolute Gasteiger partial charge is 0.390 e. The van der Waals surface area contributed by atoms with Crippen molar-refractivity contribution < 1.29 is 9.90 Å². The molecule has 0 bridgehead atoms. The number of hydrogen-bond donors (Lipinski definition) is 4. The van der Waals surface area contributed by atoms with Gasteiger partial charge in [0.15, 0.2) is 0 Å². The maximum Gasteiger partial charge on any atom is 0.270 e. The fourth-order valence-corrected chi connectivity index (χ4v) is 3.64. The van der Waals surface area contributed by atoms with Gasteiger partial charge in [0.1, 0.15) is 5.69 Å². The van der Waals surface area contributed by atoms with Crippen LogP contribution in [0.25, 0.3) is 0 Å². The maximum absolute atomic E-state index is 12.4. The van der Waals surface area contributed by atoms with Crippen molar-refractivity contribution in [2.75, 3.05) is 38.0 Å². The van der Waals surface area contributed by atoms with Crippen LogP contribution in [0.2, 0.25) is 0 Å². The van der Waals surface area contributed by atoms with Crippen LogP contribution in [0.3, 0.4) is 0 Å². The monoisotopic (exact) mass is 381 g/mol. The van der Waals surface area contributed by atoms with Crippen LogP contribution >= 0.6 is 0 Å². The molecule has 1 amide bonds. The van der Waals surface area contributed by atoms with Gasteiger partial charge in [-0.3, -0.25) is 14.7 Å². The van der Waals surface area contributed by atoms with Crippen LogP contribution in [-0.4, -0.2) is 65.8 Å². The number of carbonyl (C=O) groups is 1. The van der Waals surface area contributed by atoms with Gasteiger partial charge in [-0.05, 0) is 29.7 Å². The summed E-state index contributed by atoms with van der Waals surface area (Å²) < 4.78 is 0. The zero-order valence-corrected chi connectivity index (χ0v) is 15.9. The molecule has 7 nitrogen and oxygen atoms in total.